The molecule has 0 atom stereocenters. The number of nitrogens with zero attached hydrogens (tertiary/aromatic N) is 3. The highest BCUT2D eigenvalue weighted by Crippen LogP contribution is 2.38. The smallest absolute Gasteiger partial charge is 0.264 e. The van der Waals surface area contributed by atoms with Gasteiger partial charge in [0.2, 0.25) is 0 Å². The molecule has 0 radical (unpaired) electrons. The lowest BCUT2D eigenvalue weighted by atomic mass is 9.94. The van der Waals surface area contributed by atoms with Crippen LogP contribution >= 0.6 is 11.3 Å². The number of piperazine rings is 1. The molecule has 0 spiro atoms. The van der Waals surface area contributed by atoms with Crippen LogP contribution in [0.3, 0.4) is 0 Å². The monoisotopic (exact) mass is 359 g/mol. The van der Waals surface area contributed by atoms with Crippen molar-refractivity contribution in [2.24, 2.45) is 0 Å². The third-order valence-electron chi connectivity index (χ3n) is 6.58. The van der Waals surface area contributed by atoms with Gasteiger partial charge in [-0.1, -0.05) is 19.3 Å². The number of hydrogen-bond donors (Lipinski definition) is 0. The average molecular weight is 360 g/mol. The first-order valence-electron chi connectivity index (χ1n) is 10.2. The van der Waals surface area contributed by atoms with Crippen LogP contribution in [0.5, 0.6) is 0 Å². The first kappa shape index (κ1) is 16.3. The molecule has 2 aliphatic heterocycles. The van der Waals surface area contributed by atoms with Gasteiger partial charge in [0.15, 0.2) is 0 Å². The third-order valence-corrected chi connectivity index (χ3v) is 7.73. The van der Waals surface area contributed by atoms with Gasteiger partial charge < -0.3 is 4.90 Å². The van der Waals surface area contributed by atoms with Gasteiger partial charge in [-0.25, -0.2) is 0 Å². The number of carbonyl (C=O) groups excluding carboxylic acids is 1. The number of carbonyl (C=O) groups is 1. The van der Waals surface area contributed by atoms with Gasteiger partial charge in [0.25, 0.3) is 5.91 Å². The highest BCUT2D eigenvalue weighted by molar-refractivity contribution is 7.14. The van der Waals surface area contributed by atoms with Gasteiger partial charge in [-0.2, -0.15) is 0 Å². The SMILES string of the molecule is O=C(c1cc2c(s1)CN(C1CC1)C2)N1CCN(C2CCCCC2)CC1. The lowest BCUT2D eigenvalue weighted by Crippen LogP contribution is -2.52. The van der Waals surface area contributed by atoms with E-state index in [1.807, 2.05) is 0 Å². The zero-order chi connectivity index (χ0) is 16.8. The Hall–Kier alpha value is -0.910. The Morgan fingerprint density at radius 3 is 2.28 bits per heavy atom. The Labute approximate surface area is 154 Å². The van der Waals surface area contributed by atoms with Gasteiger partial charge in [-0.05, 0) is 37.3 Å². The molecule has 4 aliphatic rings. The van der Waals surface area contributed by atoms with E-state index in [2.05, 4.69) is 20.8 Å². The first-order valence-corrected chi connectivity index (χ1v) is 11.0. The van der Waals surface area contributed by atoms with Crippen molar-refractivity contribution in [2.45, 2.75) is 70.1 Å². The first-order chi connectivity index (χ1) is 12.3. The number of hydrogen-bond acceptors (Lipinski definition) is 4. The molecule has 2 saturated carbocycles. The molecule has 4 nitrogen and oxygen atoms in total. The van der Waals surface area contributed by atoms with Crippen molar-refractivity contribution in [3.8, 4) is 0 Å². The van der Waals surface area contributed by atoms with E-state index in [1.165, 1.54) is 55.4 Å². The molecular formula is C20H29N3OS. The molecule has 1 aromatic heterocycles. The summed E-state index contributed by atoms with van der Waals surface area (Å²) in [5.74, 6) is 0.278. The van der Waals surface area contributed by atoms with Crippen LogP contribution in [-0.4, -0.2) is 58.9 Å². The van der Waals surface area contributed by atoms with E-state index in [0.29, 0.717) is 0 Å². The third kappa shape index (κ3) is 3.26. The van der Waals surface area contributed by atoms with Gasteiger partial charge in [-0.3, -0.25) is 14.6 Å². The topological polar surface area (TPSA) is 26.8 Å². The maximum atomic E-state index is 12.9. The summed E-state index contributed by atoms with van der Waals surface area (Å²) in [6.07, 6.45) is 9.66. The van der Waals surface area contributed by atoms with Crippen LogP contribution in [0.1, 0.15) is 65.1 Å². The molecule has 2 aliphatic carbocycles. The summed E-state index contributed by atoms with van der Waals surface area (Å²) in [6.45, 7) is 6.10. The predicted molar refractivity (Wildman–Crippen MR) is 101 cm³/mol. The van der Waals surface area contributed by atoms with Crippen LogP contribution < -0.4 is 0 Å². The molecule has 5 rings (SSSR count). The van der Waals surface area contributed by atoms with Gasteiger partial charge >= 0.3 is 0 Å². The summed E-state index contributed by atoms with van der Waals surface area (Å²) < 4.78 is 0. The Morgan fingerprint density at radius 2 is 1.60 bits per heavy atom. The zero-order valence-electron chi connectivity index (χ0n) is 15.1. The zero-order valence-corrected chi connectivity index (χ0v) is 15.9. The Bertz CT molecular complexity index is 616. The van der Waals surface area contributed by atoms with E-state index >= 15 is 0 Å². The summed E-state index contributed by atoms with van der Waals surface area (Å²) in [7, 11) is 0. The second-order valence-corrected chi connectivity index (χ2v) is 9.45. The van der Waals surface area contributed by atoms with Gasteiger partial charge in [-0.15, -0.1) is 11.3 Å². The molecule has 25 heavy (non-hydrogen) atoms. The quantitative estimate of drug-likeness (QED) is 0.828. The molecule has 3 fully saturated rings. The molecule has 136 valence electrons. The summed E-state index contributed by atoms with van der Waals surface area (Å²) in [6, 6.07) is 3.80. The Balaban J connectivity index is 1.18. The van der Waals surface area contributed by atoms with Crippen LogP contribution in [0.25, 0.3) is 0 Å². The molecular weight excluding hydrogens is 330 g/mol. The second-order valence-electron chi connectivity index (χ2n) is 8.32. The van der Waals surface area contributed by atoms with Gasteiger partial charge in [0.1, 0.15) is 0 Å². The minimum atomic E-state index is 0.278. The maximum Gasteiger partial charge on any atom is 0.264 e. The van der Waals surface area contributed by atoms with Crippen molar-refractivity contribution in [3.63, 3.8) is 0 Å². The Morgan fingerprint density at radius 1 is 0.880 bits per heavy atom. The summed E-state index contributed by atoms with van der Waals surface area (Å²) in [5.41, 5.74) is 1.42. The number of thiophene rings is 1. The van der Waals surface area contributed by atoms with E-state index in [-0.39, 0.29) is 5.91 Å². The molecule has 0 bridgehead atoms. The molecule has 0 aromatic carbocycles. The molecule has 0 N–H and O–H groups in total. The molecule has 1 amide bonds. The van der Waals surface area contributed by atoms with Crippen LogP contribution in [0.15, 0.2) is 6.07 Å². The normalized spacial score (nSPS) is 26.2. The van der Waals surface area contributed by atoms with Crippen LogP contribution in [0.4, 0.5) is 0 Å². The van der Waals surface area contributed by atoms with Crippen LogP contribution in [0.2, 0.25) is 0 Å². The molecule has 1 saturated heterocycles. The maximum absolute atomic E-state index is 12.9. The van der Waals surface area contributed by atoms with Crippen LogP contribution in [-0.2, 0) is 13.1 Å². The van der Waals surface area contributed by atoms with E-state index in [0.717, 1.165) is 56.2 Å². The van der Waals surface area contributed by atoms with E-state index in [1.54, 1.807) is 11.3 Å². The van der Waals surface area contributed by atoms with Crippen molar-refractivity contribution in [3.05, 3.63) is 21.4 Å². The fourth-order valence-electron chi connectivity index (χ4n) is 4.89. The fourth-order valence-corrected chi connectivity index (χ4v) is 6.06. The van der Waals surface area contributed by atoms with Crippen molar-refractivity contribution in [1.29, 1.82) is 0 Å². The number of rotatable bonds is 3. The van der Waals surface area contributed by atoms with E-state index in [9.17, 15) is 4.79 Å². The molecule has 5 heteroatoms. The minimum Gasteiger partial charge on any atom is -0.335 e. The Kier molecular flexibility index (Phi) is 4.34. The second kappa shape index (κ2) is 6.67. The molecule has 1 aromatic rings. The van der Waals surface area contributed by atoms with Gasteiger partial charge in [0, 0.05) is 56.2 Å². The highest BCUT2D eigenvalue weighted by atomic mass is 32.1. The summed E-state index contributed by atoms with van der Waals surface area (Å²) in [4.78, 5) is 22.7. The van der Waals surface area contributed by atoms with Crippen molar-refractivity contribution < 1.29 is 4.79 Å². The molecule has 0 unspecified atom stereocenters. The van der Waals surface area contributed by atoms with E-state index < -0.39 is 0 Å². The van der Waals surface area contributed by atoms with Gasteiger partial charge in [0.05, 0.1) is 4.88 Å². The predicted octanol–water partition coefficient (Wildman–Crippen LogP) is 3.32. The van der Waals surface area contributed by atoms with Crippen LogP contribution in [0, 0.1) is 0 Å². The van der Waals surface area contributed by atoms with Crippen molar-refractivity contribution in [1.82, 2.24) is 14.7 Å². The van der Waals surface area contributed by atoms with E-state index in [4.69, 9.17) is 0 Å². The highest BCUT2D eigenvalue weighted by Gasteiger charge is 2.35. The summed E-state index contributed by atoms with van der Waals surface area (Å²) in [5, 5.41) is 0. The fraction of sp³-hybridized carbons (Fsp3) is 0.750. The number of fused-ring (bicyclic) bond motifs is 1. The number of amides is 1. The molecule has 3 heterocycles. The van der Waals surface area contributed by atoms with Crippen molar-refractivity contribution >= 4 is 17.2 Å². The lowest BCUT2D eigenvalue weighted by molar-refractivity contribution is 0.0527. The standard InChI is InChI=1S/C20H29N3OS/c24-20(18-12-15-13-23(17-6-7-17)14-19(15)25-18)22-10-8-21(9-11-22)16-4-2-1-3-5-16/h12,16-17H,1-11,13-14H2. The average Bonchev–Trinajstić information content (AvgIpc) is 3.32. The summed E-state index contributed by atoms with van der Waals surface area (Å²) >= 11 is 1.76. The lowest BCUT2D eigenvalue weighted by Gasteiger charge is -2.40. The largest absolute Gasteiger partial charge is 0.335 e. The van der Waals surface area contributed by atoms with Crippen molar-refractivity contribution in [2.75, 3.05) is 26.2 Å². The minimum absolute atomic E-state index is 0.278.